The molecule has 4 heteroatoms. The van der Waals surface area contributed by atoms with Crippen LogP contribution in [0.15, 0.2) is 28.7 Å². The Bertz CT molecular complexity index is 379. The van der Waals surface area contributed by atoms with Crippen LogP contribution in [0.5, 0.6) is 0 Å². The SMILES string of the molecule is CC(C)C(CN)C(=O)NCc1ccccc1Br. The first-order chi connectivity index (χ1) is 8.06. The van der Waals surface area contributed by atoms with Crippen molar-refractivity contribution in [2.24, 2.45) is 17.6 Å². The maximum Gasteiger partial charge on any atom is 0.224 e. The normalized spacial score (nSPS) is 12.5. The number of benzene rings is 1. The molecule has 1 atom stereocenters. The highest BCUT2D eigenvalue weighted by atomic mass is 79.9. The highest BCUT2D eigenvalue weighted by Gasteiger charge is 2.19. The highest BCUT2D eigenvalue weighted by Crippen LogP contribution is 2.16. The van der Waals surface area contributed by atoms with E-state index in [9.17, 15) is 4.79 Å². The molecule has 0 aliphatic carbocycles. The molecule has 3 N–H and O–H groups in total. The fraction of sp³-hybridized carbons (Fsp3) is 0.462. The Morgan fingerprint density at radius 1 is 1.41 bits per heavy atom. The van der Waals surface area contributed by atoms with Crippen LogP contribution in [0.25, 0.3) is 0 Å². The van der Waals surface area contributed by atoms with Crippen LogP contribution in [0.4, 0.5) is 0 Å². The summed E-state index contributed by atoms with van der Waals surface area (Å²) in [6.07, 6.45) is 0. The van der Waals surface area contributed by atoms with Gasteiger partial charge >= 0.3 is 0 Å². The Kier molecular flexibility index (Phi) is 5.65. The lowest BCUT2D eigenvalue weighted by Gasteiger charge is -2.18. The zero-order chi connectivity index (χ0) is 12.8. The van der Waals surface area contributed by atoms with E-state index in [1.54, 1.807) is 0 Å². The molecule has 0 heterocycles. The van der Waals surface area contributed by atoms with Crippen molar-refractivity contribution in [1.29, 1.82) is 0 Å². The van der Waals surface area contributed by atoms with E-state index in [4.69, 9.17) is 5.73 Å². The predicted octanol–water partition coefficient (Wildman–Crippen LogP) is 2.30. The molecule has 3 nitrogen and oxygen atoms in total. The minimum Gasteiger partial charge on any atom is -0.352 e. The van der Waals surface area contributed by atoms with Crippen LogP contribution in [0.3, 0.4) is 0 Å². The van der Waals surface area contributed by atoms with Crippen molar-refractivity contribution in [3.05, 3.63) is 34.3 Å². The maximum atomic E-state index is 11.9. The van der Waals surface area contributed by atoms with Gasteiger partial charge in [0.05, 0.1) is 5.92 Å². The summed E-state index contributed by atoms with van der Waals surface area (Å²) >= 11 is 3.45. The summed E-state index contributed by atoms with van der Waals surface area (Å²) in [5.74, 6) is 0.176. The van der Waals surface area contributed by atoms with E-state index in [2.05, 4.69) is 21.2 Å². The first-order valence-electron chi connectivity index (χ1n) is 5.77. The van der Waals surface area contributed by atoms with Crippen LogP contribution in [0.1, 0.15) is 19.4 Å². The predicted molar refractivity (Wildman–Crippen MR) is 73.4 cm³/mol. The Balaban J connectivity index is 2.56. The van der Waals surface area contributed by atoms with E-state index in [0.717, 1.165) is 10.0 Å². The second kappa shape index (κ2) is 6.77. The standard InChI is InChI=1S/C13H19BrN2O/c1-9(2)11(7-15)13(17)16-8-10-5-3-4-6-12(10)14/h3-6,9,11H,7-8,15H2,1-2H3,(H,16,17). The highest BCUT2D eigenvalue weighted by molar-refractivity contribution is 9.10. The number of nitrogens with two attached hydrogens (primary N) is 1. The Morgan fingerprint density at radius 2 is 2.06 bits per heavy atom. The van der Waals surface area contributed by atoms with Crippen molar-refractivity contribution in [2.75, 3.05) is 6.54 Å². The molecule has 1 aromatic carbocycles. The van der Waals surface area contributed by atoms with Gasteiger partial charge in [-0.2, -0.15) is 0 Å². The minimum atomic E-state index is -0.113. The summed E-state index contributed by atoms with van der Waals surface area (Å²) in [5.41, 5.74) is 6.67. The topological polar surface area (TPSA) is 55.1 Å². The molecule has 0 aliphatic heterocycles. The molecule has 0 bridgehead atoms. The third-order valence-corrected chi connectivity index (χ3v) is 3.58. The van der Waals surface area contributed by atoms with Crippen LogP contribution in [0, 0.1) is 11.8 Å². The van der Waals surface area contributed by atoms with Gasteiger partial charge in [-0.1, -0.05) is 48.0 Å². The van der Waals surface area contributed by atoms with Gasteiger partial charge in [0.2, 0.25) is 5.91 Å². The van der Waals surface area contributed by atoms with Crippen LogP contribution in [0.2, 0.25) is 0 Å². The molecule has 1 aromatic rings. The molecule has 0 aromatic heterocycles. The third-order valence-electron chi connectivity index (χ3n) is 2.81. The smallest absolute Gasteiger partial charge is 0.224 e. The molecule has 1 rings (SSSR count). The number of amides is 1. The monoisotopic (exact) mass is 298 g/mol. The van der Waals surface area contributed by atoms with E-state index >= 15 is 0 Å². The van der Waals surface area contributed by atoms with Gasteiger partial charge in [-0.25, -0.2) is 0 Å². The molecular formula is C13H19BrN2O. The van der Waals surface area contributed by atoms with Crippen LogP contribution in [-0.4, -0.2) is 12.5 Å². The molecule has 0 fully saturated rings. The Labute approximate surface area is 111 Å². The van der Waals surface area contributed by atoms with Gasteiger partial charge in [0, 0.05) is 17.6 Å². The van der Waals surface area contributed by atoms with Crippen LogP contribution in [-0.2, 0) is 11.3 Å². The first-order valence-corrected chi connectivity index (χ1v) is 6.56. The lowest BCUT2D eigenvalue weighted by atomic mass is 9.95. The van der Waals surface area contributed by atoms with Gasteiger partial charge < -0.3 is 11.1 Å². The average molecular weight is 299 g/mol. The molecular weight excluding hydrogens is 280 g/mol. The largest absolute Gasteiger partial charge is 0.352 e. The summed E-state index contributed by atoms with van der Waals surface area (Å²) < 4.78 is 1.01. The van der Waals surface area contributed by atoms with Gasteiger partial charge in [0.15, 0.2) is 0 Å². The van der Waals surface area contributed by atoms with E-state index < -0.39 is 0 Å². The van der Waals surface area contributed by atoms with Gasteiger partial charge in [-0.3, -0.25) is 4.79 Å². The molecule has 0 saturated heterocycles. The van der Waals surface area contributed by atoms with E-state index in [1.165, 1.54) is 0 Å². The van der Waals surface area contributed by atoms with Crippen molar-refractivity contribution in [2.45, 2.75) is 20.4 Å². The molecule has 94 valence electrons. The molecule has 0 saturated carbocycles. The van der Waals surface area contributed by atoms with Crippen molar-refractivity contribution in [1.82, 2.24) is 5.32 Å². The van der Waals surface area contributed by atoms with Gasteiger partial charge in [0.25, 0.3) is 0 Å². The number of carbonyl (C=O) groups excluding carboxylic acids is 1. The van der Waals surface area contributed by atoms with Gasteiger partial charge in [-0.05, 0) is 17.5 Å². The van der Waals surface area contributed by atoms with Gasteiger partial charge in [0.1, 0.15) is 0 Å². The number of nitrogens with one attached hydrogen (secondary N) is 1. The second-order valence-corrected chi connectivity index (χ2v) is 5.25. The Hall–Kier alpha value is -0.870. The van der Waals surface area contributed by atoms with Crippen molar-refractivity contribution in [3.63, 3.8) is 0 Å². The van der Waals surface area contributed by atoms with Crippen LogP contribution >= 0.6 is 15.9 Å². The van der Waals surface area contributed by atoms with Crippen molar-refractivity contribution >= 4 is 21.8 Å². The Morgan fingerprint density at radius 3 is 2.59 bits per heavy atom. The molecule has 1 amide bonds. The lowest BCUT2D eigenvalue weighted by molar-refractivity contribution is -0.126. The van der Waals surface area contributed by atoms with Gasteiger partial charge in [-0.15, -0.1) is 0 Å². The zero-order valence-electron chi connectivity index (χ0n) is 10.2. The summed E-state index contributed by atoms with van der Waals surface area (Å²) in [4.78, 5) is 11.9. The second-order valence-electron chi connectivity index (χ2n) is 4.40. The summed E-state index contributed by atoms with van der Waals surface area (Å²) in [7, 11) is 0. The maximum absolute atomic E-state index is 11.9. The average Bonchev–Trinajstić information content (AvgIpc) is 2.28. The lowest BCUT2D eigenvalue weighted by Crippen LogP contribution is -2.37. The molecule has 0 radical (unpaired) electrons. The first kappa shape index (κ1) is 14.2. The minimum absolute atomic E-state index is 0.0262. The third kappa shape index (κ3) is 4.13. The molecule has 0 aliphatic rings. The number of carbonyl (C=O) groups is 1. The fourth-order valence-electron chi connectivity index (χ4n) is 1.64. The number of rotatable bonds is 5. The fourth-order valence-corrected chi connectivity index (χ4v) is 2.06. The molecule has 0 spiro atoms. The number of hydrogen-bond acceptors (Lipinski definition) is 2. The molecule has 17 heavy (non-hydrogen) atoms. The summed E-state index contributed by atoms with van der Waals surface area (Å²) in [6.45, 7) is 4.94. The van der Waals surface area contributed by atoms with E-state index in [1.807, 2.05) is 38.1 Å². The molecule has 1 unspecified atom stereocenters. The number of hydrogen-bond donors (Lipinski definition) is 2. The van der Waals surface area contributed by atoms with Crippen LogP contribution < -0.4 is 11.1 Å². The zero-order valence-corrected chi connectivity index (χ0v) is 11.8. The van der Waals surface area contributed by atoms with E-state index in [0.29, 0.717) is 13.1 Å². The van der Waals surface area contributed by atoms with Crippen molar-refractivity contribution in [3.8, 4) is 0 Å². The van der Waals surface area contributed by atoms with Crippen molar-refractivity contribution < 1.29 is 4.79 Å². The summed E-state index contributed by atoms with van der Waals surface area (Å²) in [6, 6.07) is 7.85. The van der Waals surface area contributed by atoms with E-state index in [-0.39, 0.29) is 17.7 Å². The summed E-state index contributed by atoms with van der Waals surface area (Å²) in [5, 5.41) is 2.92. The number of halogens is 1. The quantitative estimate of drug-likeness (QED) is 0.876.